The normalized spacial score (nSPS) is 12.2. The van der Waals surface area contributed by atoms with Crippen LogP contribution < -0.4 is 10.6 Å². The smallest absolute Gasteiger partial charge is 0.273 e. The van der Waals surface area contributed by atoms with Gasteiger partial charge in [0.2, 0.25) is 0 Å². The molecule has 0 fully saturated rings. The second-order valence-electron chi connectivity index (χ2n) is 5.70. The molecule has 130 valence electrons. The van der Waals surface area contributed by atoms with Crippen LogP contribution in [-0.4, -0.2) is 40.0 Å². The SMILES string of the molecule is CCCc1c(C(=O)NC[C@@H](C)NCC)nnn1-c1cccc(Cl)c1. The maximum absolute atomic E-state index is 12.5. The second kappa shape index (κ2) is 8.80. The number of rotatable bonds is 8. The Hall–Kier alpha value is -1.92. The second-order valence-corrected chi connectivity index (χ2v) is 6.13. The molecule has 0 unspecified atom stereocenters. The molecule has 1 atom stereocenters. The third-order valence-electron chi connectivity index (χ3n) is 3.64. The van der Waals surface area contributed by atoms with Crippen molar-refractivity contribution in [2.75, 3.05) is 13.1 Å². The molecule has 0 saturated carbocycles. The number of carbonyl (C=O) groups excluding carboxylic acids is 1. The van der Waals surface area contributed by atoms with E-state index in [0.717, 1.165) is 24.3 Å². The summed E-state index contributed by atoms with van der Waals surface area (Å²) in [5, 5.41) is 15.1. The number of benzene rings is 1. The first-order valence-electron chi connectivity index (χ1n) is 8.28. The van der Waals surface area contributed by atoms with Gasteiger partial charge in [0.25, 0.3) is 5.91 Å². The predicted molar refractivity (Wildman–Crippen MR) is 95.8 cm³/mol. The highest BCUT2D eigenvalue weighted by Gasteiger charge is 2.20. The maximum atomic E-state index is 12.5. The number of amides is 1. The Morgan fingerprint density at radius 3 is 2.83 bits per heavy atom. The third-order valence-corrected chi connectivity index (χ3v) is 3.87. The van der Waals surface area contributed by atoms with Crippen LogP contribution in [0, 0.1) is 0 Å². The molecule has 0 spiro atoms. The zero-order chi connectivity index (χ0) is 17.5. The van der Waals surface area contributed by atoms with Crippen LogP contribution in [0.15, 0.2) is 24.3 Å². The van der Waals surface area contributed by atoms with Gasteiger partial charge in [-0.05, 0) is 38.1 Å². The highest BCUT2D eigenvalue weighted by Crippen LogP contribution is 2.18. The van der Waals surface area contributed by atoms with Crippen LogP contribution in [0.1, 0.15) is 43.4 Å². The monoisotopic (exact) mass is 349 g/mol. The standard InChI is InChI=1S/C17H24ClN5O/c1-4-7-15-16(17(24)20-11-12(3)19-5-2)21-22-23(15)14-9-6-8-13(18)10-14/h6,8-10,12,19H,4-5,7,11H2,1-3H3,(H,20,24)/t12-/m1/s1. The highest BCUT2D eigenvalue weighted by atomic mass is 35.5. The number of nitrogens with zero attached hydrogens (tertiary/aromatic N) is 3. The molecule has 0 saturated heterocycles. The van der Waals surface area contributed by atoms with E-state index in [0.29, 0.717) is 23.7 Å². The topological polar surface area (TPSA) is 71.8 Å². The molecule has 2 N–H and O–H groups in total. The van der Waals surface area contributed by atoms with Crippen molar-refractivity contribution >= 4 is 17.5 Å². The summed E-state index contributed by atoms with van der Waals surface area (Å²) < 4.78 is 1.69. The first kappa shape index (κ1) is 18.4. The van der Waals surface area contributed by atoms with Crippen LogP contribution >= 0.6 is 11.6 Å². The van der Waals surface area contributed by atoms with Crippen molar-refractivity contribution in [3.8, 4) is 5.69 Å². The molecule has 1 aromatic heterocycles. The first-order valence-corrected chi connectivity index (χ1v) is 8.66. The Morgan fingerprint density at radius 1 is 1.38 bits per heavy atom. The lowest BCUT2D eigenvalue weighted by Gasteiger charge is -2.13. The van der Waals surface area contributed by atoms with Gasteiger partial charge in [0.15, 0.2) is 5.69 Å². The van der Waals surface area contributed by atoms with E-state index < -0.39 is 0 Å². The van der Waals surface area contributed by atoms with E-state index in [4.69, 9.17) is 11.6 Å². The molecule has 0 bridgehead atoms. The fraction of sp³-hybridized carbons (Fsp3) is 0.471. The number of halogens is 1. The van der Waals surface area contributed by atoms with Crippen LogP contribution in [0.2, 0.25) is 5.02 Å². The summed E-state index contributed by atoms with van der Waals surface area (Å²) in [6.07, 6.45) is 1.60. The summed E-state index contributed by atoms with van der Waals surface area (Å²) in [4.78, 5) is 12.5. The molecule has 24 heavy (non-hydrogen) atoms. The minimum Gasteiger partial charge on any atom is -0.349 e. The van der Waals surface area contributed by atoms with Gasteiger partial charge in [-0.15, -0.1) is 5.10 Å². The van der Waals surface area contributed by atoms with Crippen molar-refractivity contribution in [2.45, 2.75) is 39.7 Å². The number of hydrogen-bond acceptors (Lipinski definition) is 4. The Labute approximate surface area is 147 Å². The summed E-state index contributed by atoms with van der Waals surface area (Å²) in [5.74, 6) is -0.198. The summed E-state index contributed by atoms with van der Waals surface area (Å²) in [6, 6.07) is 7.57. The maximum Gasteiger partial charge on any atom is 0.273 e. The molecule has 0 aliphatic rings. The van der Waals surface area contributed by atoms with E-state index in [1.807, 2.05) is 32.0 Å². The van der Waals surface area contributed by atoms with Crippen LogP contribution in [0.5, 0.6) is 0 Å². The summed E-state index contributed by atoms with van der Waals surface area (Å²) in [5.41, 5.74) is 1.98. The summed E-state index contributed by atoms with van der Waals surface area (Å²) in [7, 11) is 0. The Morgan fingerprint density at radius 2 is 2.17 bits per heavy atom. The molecular formula is C17H24ClN5O. The van der Waals surface area contributed by atoms with Crippen molar-refractivity contribution in [3.05, 3.63) is 40.7 Å². The molecule has 1 heterocycles. The number of nitrogens with one attached hydrogen (secondary N) is 2. The van der Waals surface area contributed by atoms with Gasteiger partial charge in [-0.2, -0.15) is 0 Å². The fourth-order valence-electron chi connectivity index (χ4n) is 2.50. The average Bonchev–Trinajstić information content (AvgIpc) is 2.97. The van der Waals surface area contributed by atoms with Gasteiger partial charge in [-0.3, -0.25) is 4.79 Å². The molecule has 6 nitrogen and oxygen atoms in total. The van der Waals surface area contributed by atoms with Crippen LogP contribution in [0.4, 0.5) is 0 Å². The molecule has 1 amide bonds. The van der Waals surface area contributed by atoms with Gasteiger partial charge in [-0.1, -0.05) is 43.1 Å². The predicted octanol–water partition coefficient (Wildman–Crippen LogP) is 2.60. The Balaban J connectivity index is 2.23. The van der Waals surface area contributed by atoms with Gasteiger partial charge in [0, 0.05) is 17.6 Å². The minimum absolute atomic E-state index is 0.198. The van der Waals surface area contributed by atoms with Crippen molar-refractivity contribution in [1.82, 2.24) is 25.6 Å². The summed E-state index contributed by atoms with van der Waals surface area (Å²) in [6.45, 7) is 7.53. The Kier molecular flexibility index (Phi) is 6.75. The van der Waals surface area contributed by atoms with Crippen molar-refractivity contribution in [3.63, 3.8) is 0 Å². The lowest BCUT2D eigenvalue weighted by Crippen LogP contribution is -2.39. The lowest BCUT2D eigenvalue weighted by atomic mass is 10.2. The van der Waals surface area contributed by atoms with E-state index >= 15 is 0 Å². The van der Waals surface area contributed by atoms with E-state index in [2.05, 4.69) is 27.9 Å². The van der Waals surface area contributed by atoms with Crippen molar-refractivity contribution < 1.29 is 4.79 Å². The molecule has 1 aromatic carbocycles. The van der Waals surface area contributed by atoms with Gasteiger partial charge >= 0.3 is 0 Å². The zero-order valence-corrected chi connectivity index (χ0v) is 15.1. The van der Waals surface area contributed by atoms with Gasteiger partial charge < -0.3 is 10.6 Å². The van der Waals surface area contributed by atoms with Gasteiger partial charge in [0.05, 0.1) is 11.4 Å². The lowest BCUT2D eigenvalue weighted by molar-refractivity contribution is 0.0944. The zero-order valence-electron chi connectivity index (χ0n) is 14.3. The average molecular weight is 350 g/mol. The number of likely N-dealkylation sites (N-methyl/N-ethyl adjacent to an activating group) is 1. The van der Waals surface area contributed by atoms with Gasteiger partial charge in [-0.25, -0.2) is 4.68 Å². The van der Waals surface area contributed by atoms with E-state index in [-0.39, 0.29) is 11.9 Å². The summed E-state index contributed by atoms with van der Waals surface area (Å²) >= 11 is 6.06. The van der Waals surface area contributed by atoms with Crippen molar-refractivity contribution in [1.29, 1.82) is 0 Å². The minimum atomic E-state index is -0.198. The van der Waals surface area contributed by atoms with Crippen LogP contribution in [0.25, 0.3) is 5.69 Å². The molecule has 0 aliphatic carbocycles. The molecular weight excluding hydrogens is 326 g/mol. The molecule has 2 rings (SSSR count). The fourth-order valence-corrected chi connectivity index (χ4v) is 2.69. The molecule has 0 aliphatic heterocycles. The number of hydrogen-bond donors (Lipinski definition) is 2. The van der Waals surface area contributed by atoms with Crippen molar-refractivity contribution in [2.24, 2.45) is 0 Å². The molecule has 2 aromatic rings. The quantitative estimate of drug-likeness (QED) is 0.768. The van der Waals surface area contributed by atoms with Gasteiger partial charge in [0.1, 0.15) is 0 Å². The van der Waals surface area contributed by atoms with E-state index in [9.17, 15) is 4.79 Å². The number of aromatic nitrogens is 3. The highest BCUT2D eigenvalue weighted by molar-refractivity contribution is 6.30. The number of carbonyl (C=O) groups is 1. The van der Waals surface area contributed by atoms with Crippen LogP contribution in [-0.2, 0) is 6.42 Å². The largest absolute Gasteiger partial charge is 0.349 e. The van der Waals surface area contributed by atoms with E-state index in [1.54, 1.807) is 10.7 Å². The van der Waals surface area contributed by atoms with Crippen LogP contribution in [0.3, 0.4) is 0 Å². The third kappa shape index (κ3) is 4.55. The molecule has 7 heteroatoms. The molecule has 0 radical (unpaired) electrons. The Bertz CT molecular complexity index is 685. The van der Waals surface area contributed by atoms with E-state index in [1.165, 1.54) is 0 Å². The first-order chi connectivity index (χ1) is 11.6.